The number of anilines is 1. The molecule has 2 saturated heterocycles. The maximum Gasteiger partial charge on any atom is 0.240 e. The minimum atomic E-state index is -0.00325. The lowest BCUT2D eigenvalue weighted by Gasteiger charge is -2.36. The number of carbonyl (C=O) groups excluding carboxylic acids is 1. The van der Waals surface area contributed by atoms with Crippen LogP contribution in [0, 0.1) is 0 Å². The van der Waals surface area contributed by atoms with E-state index in [-0.39, 0.29) is 36.8 Å². The van der Waals surface area contributed by atoms with Crippen molar-refractivity contribution in [1.82, 2.24) is 15.2 Å². The molecule has 0 bridgehead atoms. The van der Waals surface area contributed by atoms with E-state index in [0.717, 1.165) is 49.4 Å². The number of hydrogen-bond donors (Lipinski definition) is 1. The van der Waals surface area contributed by atoms with Crippen LogP contribution >= 0.6 is 36.6 Å². The molecule has 2 aliphatic heterocycles. The van der Waals surface area contributed by atoms with Crippen LogP contribution in [0.25, 0.3) is 0 Å². The summed E-state index contributed by atoms with van der Waals surface area (Å²) in [7, 11) is 1.66. The number of nitrogens with one attached hydrogen (secondary N) is 1. The van der Waals surface area contributed by atoms with E-state index in [0.29, 0.717) is 0 Å². The molecule has 0 aromatic carbocycles. The van der Waals surface area contributed by atoms with Crippen molar-refractivity contribution in [3.05, 3.63) is 18.3 Å². The van der Waals surface area contributed by atoms with Crippen molar-refractivity contribution in [2.45, 2.75) is 6.04 Å². The Bertz CT molecular complexity index is 509. The minimum Gasteiger partial charge on any atom is -0.497 e. The van der Waals surface area contributed by atoms with Gasteiger partial charge in [-0.3, -0.25) is 10.1 Å². The Balaban J connectivity index is 0.00000132. The molecule has 9 heteroatoms. The molecule has 1 N–H and O–H groups in total. The molecule has 2 aliphatic rings. The zero-order chi connectivity index (χ0) is 14.7. The Labute approximate surface area is 153 Å². The molecule has 3 rings (SSSR count). The van der Waals surface area contributed by atoms with Gasteiger partial charge >= 0.3 is 0 Å². The van der Waals surface area contributed by atoms with Gasteiger partial charge in [0.05, 0.1) is 13.2 Å². The van der Waals surface area contributed by atoms with Crippen LogP contribution in [-0.2, 0) is 4.79 Å². The van der Waals surface area contributed by atoms with E-state index >= 15 is 0 Å². The van der Waals surface area contributed by atoms with Crippen LogP contribution in [0.2, 0.25) is 0 Å². The van der Waals surface area contributed by atoms with Crippen LogP contribution in [0.5, 0.6) is 5.75 Å². The van der Waals surface area contributed by atoms with Crippen molar-refractivity contribution in [3.63, 3.8) is 0 Å². The number of pyridine rings is 1. The zero-order valence-corrected chi connectivity index (χ0v) is 15.4. The third-order valence-corrected chi connectivity index (χ3v) is 4.82. The summed E-state index contributed by atoms with van der Waals surface area (Å²) in [6.45, 7) is 3.12. The van der Waals surface area contributed by atoms with E-state index < -0.39 is 0 Å². The smallest absolute Gasteiger partial charge is 0.240 e. The summed E-state index contributed by atoms with van der Waals surface area (Å²) < 4.78 is 5.23. The summed E-state index contributed by atoms with van der Waals surface area (Å²) in [4.78, 5) is 20.9. The molecule has 23 heavy (non-hydrogen) atoms. The molecule has 0 radical (unpaired) electrons. The standard InChI is InChI=1S/C14H20N4O2S.2ClH/c1-20-11-2-3-15-13(8-11)17-4-6-18(7-5-17)14(19)12-9-21-10-16-12;;/h2-3,8,12,16H,4-7,9-10H2,1H3;2*1H. The third kappa shape index (κ3) is 4.79. The quantitative estimate of drug-likeness (QED) is 0.851. The van der Waals surface area contributed by atoms with E-state index in [1.165, 1.54) is 0 Å². The molecule has 0 aliphatic carbocycles. The summed E-state index contributed by atoms with van der Waals surface area (Å²) in [5.74, 6) is 3.72. The lowest BCUT2D eigenvalue weighted by Crippen LogP contribution is -2.53. The predicted molar refractivity (Wildman–Crippen MR) is 98.3 cm³/mol. The van der Waals surface area contributed by atoms with Crippen LogP contribution in [0.15, 0.2) is 18.3 Å². The molecule has 1 unspecified atom stereocenters. The Morgan fingerprint density at radius 2 is 2.09 bits per heavy atom. The highest BCUT2D eigenvalue weighted by atomic mass is 35.5. The predicted octanol–water partition coefficient (Wildman–Crippen LogP) is 1.24. The second-order valence-electron chi connectivity index (χ2n) is 5.14. The summed E-state index contributed by atoms with van der Waals surface area (Å²) in [5, 5.41) is 3.24. The first-order chi connectivity index (χ1) is 10.3. The van der Waals surface area contributed by atoms with Crippen molar-refractivity contribution in [2.24, 2.45) is 0 Å². The number of aromatic nitrogens is 1. The van der Waals surface area contributed by atoms with Crippen molar-refractivity contribution >= 4 is 48.3 Å². The first kappa shape index (κ1) is 20.2. The summed E-state index contributed by atoms with van der Waals surface area (Å²) in [6, 6.07) is 3.77. The summed E-state index contributed by atoms with van der Waals surface area (Å²) in [6.07, 6.45) is 1.76. The number of halogens is 2. The number of thioether (sulfide) groups is 1. The summed E-state index contributed by atoms with van der Waals surface area (Å²) in [5.41, 5.74) is 0. The Kier molecular flexibility index (Phi) is 8.25. The average molecular weight is 381 g/mol. The molecule has 2 fully saturated rings. The number of rotatable bonds is 3. The molecule has 130 valence electrons. The van der Waals surface area contributed by atoms with Gasteiger partial charge in [-0.2, -0.15) is 0 Å². The number of amides is 1. The fourth-order valence-electron chi connectivity index (χ4n) is 2.63. The Hall–Kier alpha value is -0.890. The maximum atomic E-state index is 12.3. The molecule has 3 heterocycles. The molecular formula is C14H22Cl2N4O2S. The number of piperazine rings is 1. The average Bonchev–Trinajstić information content (AvgIpc) is 3.09. The Morgan fingerprint density at radius 1 is 1.35 bits per heavy atom. The second kappa shape index (κ2) is 9.42. The van der Waals surface area contributed by atoms with E-state index in [1.54, 1.807) is 25.1 Å². The first-order valence-corrected chi connectivity index (χ1v) is 8.28. The number of methoxy groups -OCH3 is 1. The van der Waals surface area contributed by atoms with Gasteiger partial charge in [-0.1, -0.05) is 0 Å². The lowest BCUT2D eigenvalue weighted by atomic mass is 10.2. The molecule has 1 aromatic rings. The highest BCUT2D eigenvalue weighted by molar-refractivity contribution is 7.99. The topological polar surface area (TPSA) is 57.7 Å². The molecule has 6 nitrogen and oxygen atoms in total. The van der Waals surface area contributed by atoms with Crippen LogP contribution in [-0.4, -0.2) is 66.8 Å². The molecule has 1 aromatic heterocycles. The highest BCUT2D eigenvalue weighted by Gasteiger charge is 2.29. The van der Waals surface area contributed by atoms with Gasteiger partial charge in [-0.05, 0) is 6.07 Å². The van der Waals surface area contributed by atoms with Gasteiger partial charge in [0, 0.05) is 50.1 Å². The largest absolute Gasteiger partial charge is 0.497 e. The van der Waals surface area contributed by atoms with E-state index in [4.69, 9.17) is 4.74 Å². The van der Waals surface area contributed by atoms with E-state index in [2.05, 4.69) is 15.2 Å². The van der Waals surface area contributed by atoms with E-state index in [9.17, 15) is 4.79 Å². The van der Waals surface area contributed by atoms with Crippen LogP contribution in [0.3, 0.4) is 0 Å². The van der Waals surface area contributed by atoms with Gasteiger partial charge in [-0.15, -0.1) is 36.6 Å². The second-order valence-corrected chi connectivity index (χ2v) is 6.17. The fraction of sp³-hybridized carbons (Fsp3) is 0.571. The van der Waals surface area contributed by atoms with Crippen LogP contribution < -0.4 is 15.0 Å². The number of carbonyl (C=O) groups is 1. The SMILES string of the molecule is COc1ccnc(N2CCN(C(=O)C3CSCN3)CC2)c1.Cl.Cl. The minimum absolute atomic E-state index is 0. The van der Waals surface area contributed by atoms with Crippen molar-refractivity contribution in [2.75, 3.05) is 49.8 Å². The van der Waals surface area contributed by atoms with Crippen LogP contribution in [0.4, 0.5) is 5.82 Å². The third-order valence-electron chi connectivity index (χ3n) is 3.88. The molecule has 0 spiro atoms. The van der Waals surface area contributed by atoms with E-state index in [1.807, 2.05) is 17.0 Å². The molecule has 1 amide bonds. The fourth-order valence-corrected chi connectivity index (χ4v) is 3.56. The van der Waals surface area contributed by atoms with Gasteiger partial charge in [0.25, 0.3) is 0 Å². The van der Waals surface area contributed by atoms with Crippen molar-refractivity contribution in [1.29, 1.82) is 0 Å². The number of nitrogens with zero attached hydrogens (tertiary/aromatic N) is 3. The van der Waals surface area contributed by atoms with Gasteiger partial charge in [0.2, 0.25) is 5.91 Å². The summed E-state index contributed by atoms with van der Waals surface area (Å²) >= 11 is 1.78. The van der Waals surface area contributed by atoms with Gasteiger partial charge in [0.1, 0.15) is 11.6 Å². The van der Waals surface area contributed by atoms with Crippen LogP contribution in [0.1, 0.15) is 0 Å². The van der Waals surface area contributed by atoms with Gasteiger partial charge < -0.3 is 14.5 Å². The van der Waals surface area contributed by atoms with Crippen molar-refractivity contribution in [3.8, 4) is 5.75 Å². The Morgan fingerprint density at radius 3 is 2.70 bits per heavy atom. The molecule has 0 saturated carbocycles. The first-order valence-electron chi connectivity index (χ1n) is 7.13. The monoisotopic (exact) mass is 380 g/mol. The maximum absolute atomic E-state index is 12.3. The zero-order valence-electron chi connectivity index (χ0n) is 12.9. The number of hydrogen-bond acceptors (Lipinski definition) is 6. The van der Waals surface area contributed by atoms with Crippen molar-refractivity contribution < 1.29 is 9.53 Å². The molecular weight excluding hydrogens is 359 g/mol. The highest BCUT2D eigenvalue weighted by Crippen LogP contribution is 2.20. The van der Waals surface area contributed by atoms with Gasteiger partial charge in [-0.25, -0.2) is 4.98 Å². The number of ether oxygens (including phenoxy) is 1. The lowest BCUT2D eigenvalue weighted by molar-refractivity contribution is -0.132. The normalized spacial score (nSPS) is 20.5. The molecule has 1 atom stereocenters. The van der Waals surface area contributed by atoms with Gasteiger partial charge in [0.15, 0.2) is 0 Å².